The van der Waals surface area contributed by atoms with Crippen molar-refractivity contribution < 1.29 is 24.2 Å². The summed E-state index contributed by atoms with van der Waals surface area (Å²) >= 11 is 0. The van der Waals surface area contributed by atoms with E-state index in [1.807, 2.05) is 6.92 Å². The number of ether oxygens (including phenoxy) is 1. The average Bonchev–Trinajstić information content (AvgIpc) is 2.74. The second-order valence-corrected chi connectivity index (χ2v) is 4.70. The van der Waals surface area contributed by atoms with E-state index in [-0.39, 0.29) is 36.9 Å². The van der Waals surface area contributed by atoms with Crippen LogP contribution in [0, 0.1) is 5.92 Å². The van der Waals surface area contributed by atoms with Crippen LogP contribution in [0.5, 0.6) is 0 Å². The maximum absolute atomic E-state index is 12.2. The zero-order valence-electron chi connectivity index (χ0n) is 10.1. The second kappa shape index (κ2) is 4.93. The highest BCUT2D eigenvalue weighted by molar-refractivity contribution is 5.92. The minimum absolute atomic E-state index is 0.000783. The van der Waals surface area contributed by atoms with Crippen LogP contribution in [0.25, 0.3) is 0 Å². The summed E-state index contributed by atoms with van der Waals surface area (Å²) in [6.07, 6.45) is 0.573. The second-order valence-electron chi connectivity index (χ2n) is 4.70. The lowest BCUT2D eigenvalue weighted by molar-refractivity contribution is -0.155. The molecule has 2 rings (SSSR count). The van der Waals surface area contributed by atoms with Gasteiger partial charge in [-0.05, 0) is 13.3 Å². The first kappa shape index (κ1) is 12.8. The molecule has 0 aromatic heterocycles. The number of carboxylic acid groups (broad SMARTS) is 1. The van der Waals surface area contributed by atoms with Crippen molar-refractivity contribution in [1.82, 2.24) is 10.2 Å². The molecule has 3 unspecified atom stereocenters. The molecule has 0 aromatic carbocycles. The van der Waals surface area contributed by atoms with Crippen molar-refractivity contribution in [3.05, 3.63) is 0 Å². The Hall–Kier alpha value is -1.63. The van der Waals surface area contributed by atoms with Gasteiger partial charge in [0.25, 0.3) is 0 Å². The molecular weight excluding hydrogens is 240 g/mol. The molecule has 100 valence electrons. The molecule has 0 spiro atoms. The Labute approximate surface area is 104 Å². The summed E-state index contributed by atoms with van der Waals surface area (Å²) in [7, 11) is 0. The van der Waals surface area contributed by atoms with Crippen molar-refractivity contribution in [2.75, 3.05) is 19.7 Å². The third kappa shape index (κ3) is 2.45. The highest BCUT2D eigenvalue weighted by Crippen LogP contribution is 2.22. The Morgan fingerprint density at radius 2 is 2.22 bits per heavy atom. The lowest BCUT2D eigenvalue weighted by Crippen LogP contribution is -2.60. The highest BCUT2D eigenvalue weighted by atomic mass is 16.5. The van der Waals surface area contributed by atoms with Crippen molar-refractivity contribution in [2.45, 2.75) is 25.5 Å². The molecule has 0 aromatic rings. The number of aliphatic carboxylic acids is 1. The molecule has 7 heteroatoms. The predicted molar refractivity (Wildman–Crippen MR) is 59.7 cm³/mol. The van der Waals surface area contributed by atoms with Gasteiger partial charge in [0.05, 0.1) is 18.6 Å². The predicted octanol–water partition coefficient (Wildman–Crippen LogP) is -1.18. The summed E-state index contributed by atoms with van der Waals surface area (Å²) < 4.78 is 5.30. The van der Waals surface area contributed by atoms with Gasteiger partial charge in [-0.3, -0.25) is 9.59 Å². The lowest BCUT2D eigenvalue weighted by atomic mass is 10.0. The van der Waals surface area contributed by atoms with Crippen LogP contribution in [0.4, 0.5) is 0 Å². The molecule has 3 atom stereocenters. The summed E-state index contributed by atoms with van der Waals surface area (Å²) in [6, 6.07) is -0.980. The van der Waals surface area contributed by atoms with E-state index in [1.165, 1.54) is 0 Å². The van der Waals surface area contributed by atoms with Crippen molar-refractivity contribution in [3.63, 3.8) is 0 Å². The Morgan fingerprint density at radius 1 is 1.50 bits per heavy atom. The highest BCUT2D eigenvalue weighted by Gasteiger charge is 2.40. The zero-order valence-corrected chi connectivity index (χ0v) is 10.1. The van der Waals surface area contributed by atoms with Crippen molar-refractivity contribution >= 4 is 17.8 Å². The number of rotatable bonds is 2. The van der Waals surface area contributed by atoms with Crippen LogP contribution in [-0.2, 0) is 19.1 Å². The molecule has 0 bridgehead atoms. The normalized spacial score (nSPS) is 32.2. The number of carboxylic acids is 1. The van der Waals surface area contributed by atoms with Crippen molar-refractivity contribution in [1.29, 1.82) is 0 Å². The van der Waals surface area contributed by atoms with Gasteiger partial charge in [0.2, 0.25) is 11.8 Å². The topological polar surface area (TPSA) is 95.9 Å². The fourth-order valence-corrected chi connectivity index (χ4v) is 2.32. The average molecular weight is 256 g/mol. The molecule has 7 nitrogen and oxygen atoms in total. The number of carbonyl (C=O) groups is 3. The van der Waals surface area contributed by atoms with Gasteiger partial charge >= 0.3 is 5.97 Å². The van der Waals surface area contributed by atoms with E-state index in [0.717, 1.165) is 4.90 Å². The van der Waals surface area contributed by atoms with Crippen LogP contribution in [0.1, 0.15) is 13.3 Å². The van der Waals surface area contributed by atoms with Gasteiger partial charge in [-0.25, -0.2) is 4.79 Å². The van der Waals surface area contributed by atoms with Crippen molar-refractivity contribution in [2.24, 2.45) is 5.92 Å². The van der Waals surface area contributed by atoms with Crippen LogP contribution >= 0.6 is 0 Å². The largest absolute Gasteiger partial charge is 0.480 e. The summed E-state index contributed by atoms with van der Waals surface area (Å²) in [6.45, 7) is 1.93. The van der Waals surface area contributed by atoms with Gasteiger partial charge < -0.3 is 20.1 Å². The van der Waals surface area contributed by atoms with E-state index in [9.17, 15) is 14.4 Å². The molecule has 2 fully saturated rings. The van der Waals surface area contributed by atoms with E-state index < -0.39 is 12.0 Å². The number of amides is 2. The molecule has 0 saturated carbocycles. The fourth-order valence-electron chi connectivity index (χ4n) is 2.32. The number of nitrogens with zero attached hydrogens (tertiary/aromatic N) is 1. The first-order valence-corrected chi connectivity index (χ1v) is 5.90. The first-order chi connectivity index (χ1) is 8.49. The van der Waals surface area contributed by atoms with Gasteiger partial charge in [0.15, 0.2) is 0 Å². The van der Waals surface area contributed by atoms with E-state index in [2.05, 4.69) is 5.32 Å². The molecule has 2 N–H and O–H groups in total. The summed E-state index contributed by atoms with van der Waals surface area (Å²) in [4.78, 5) is 35.7. The quantitative estimate of drug-likeness (QED) is 0.648. The first-order valence-electron chi connectivity index (χ1n) is 5.90. The summed E-state index contributed by atoms with van der Waals surface area (Å²) in [5.41, 5.74) is 0. The van der Waals surface area contributed by atoms with Crippen LogP contribution in [0.15, 0.2) is 0 Å². The van der Waals surface area contributed by atoms with Crippen LogP contribution in [0.3, 0.4) is 0 Å². The summed E-state index contributed by atoms with van der Waals surface area (Å²) in [5.74, 6) is -2.07. The molecule has 2 aliphatic rings. The standard InChI is InChI=1S/C11H16N2O5/c1-6-2-7(5-18-6)10(15)13-4-9(14)12-3-8(13)11(16)17/h6-8H,2-5H2,1H3,(H,12,14)(H,16,17). The molecule has 18 heavy (non-hydrogen) atoms. The third-order valence-corrected chi connectivity index (χ3v) is 3.30. The lowest BCUT2D eigenvalue weighted by Gasteiger charge is -2.34. The Kier molecular flexibility index (Phi) is 3.51. The van der Waals surface area contributed by atoms with Gasteiger partial charge in [-0.1, -0.05) is 0 Å². The summed E-state index contributed by atoms with van der Waals surface area (Å²) in [5, 5.41) is 11.5. The number of hydrogen-bond acceptors (Lipinski definition) is 4. The molecule has 0 radical (unpaired) electrons. The minimum atomic E-state index is -1.10. The molecule has 2 amide bonds. The Morgan fingerprint density at radius 3 is 2.78 bits per heavy atom. The van der Waals surface area contributed by atoms with E-state index in [4.69, 9.17) is 9.84 Å². The van der Waals surface area contributed by atoms with Crippen LogP contribution in [0.2, 0.25) is 0 Å². The van der Waals surface area contributed by atoms with Gasteiger partial charge in [0, 0.05) is 6.54 Å². The Bertz CT molecular complexity index is 384. The molecule has 2 saturated heterocycles. The van der Waals surface area contributed by atoms with Crippen molar-refractivity contribution in [3.8, 4) is 0 Å². The fraction of sp³-hybridized carbons (Fsp3) is 0.727. The third-order valence-electron chi connectivity index (χ3n) is 3.30. The Balaban J connectivity index is 2.09. The van der Waals surface area contributed by atoms with Gasteiger partial charge in [-0.15, -0.1) is 0 Å². The van der Waals surface area contributed by atoms with Crippen LogP contribution in [-0.4, -0.2) is 59.6 Å². The number of nitrogens with one attached hydrogen (secondary N) is 1. The van der Waals surface area contributed by atoms with Gasteiger partial charge in [0.1, 0.15) is 12.6 Å². The number of carbonyl (C=O) groups excluding carboxylic acids is 2. The van der Waals surface area contributed by atoms with E-state index in [0.29, 0.717) is 13.0 Å². The van der Waals surface area contributed by atoms with Crippen LogP contribution < -0.4 is 5.32 Å². The van der Waals surface area contributed by atoms with E-state index in [1.54, 1.807) is 0 Å². The van der Waals surface area contributed by atoms with E-state index >= 15 is 0 Å². The monoisotopic (exact) mass is 256 g/mol. The molecule has 2 aliphatic heterocycles. The molecular formula is C11H16N2O5. The molecule has 0 aliphatic carbocycles. The number of hydrogen-bond donors (Lipinski definition) is 2. The SMILES string of the molecule is CC1CC(C(=O)N2CC(=O)NCC2C(=O)O)CO1. The number of piperazine rings is 1. The molecule has 2 heterocycles. The maximum Gasteiger partial charge on any atom is 0.328 e. The smallest absolute Gasteiger partial charge is 0.328 e. The maximum atomic E-state index is 12.2. The minimum Gasteiger partial charge on any atom is -0.480 e. The van der Waals surface area contributed by atoms with Gasteiger partial charge in [-0.2, -0.15) is 0 Å². The zero-order chi connectivity index (χ0) is 13.3.